The monoisotopic (exact) mass is 290 g/mol. The molecular weight excluding hydrogens is 263 g/mol. The Kier molecular flexibility index (Phi) is 3.72. The lowest BCUT2D eigenvalue weighted by Crippen LogP contribution is -3.29. The molecule has 21 heavy (non-hydrogen) atoms. The summed E-state index contributed by atoms with van der Waals surface area (Å²) in [7, 11) is 0. The van der Waals surface area contributed by atoms with Crippen LogP contribution in [0.2, 0.25) is 0 Å². The van der Waals surface area contributed by atoms with Crippen LogP contribution in [0, 0.1) is 17.7 Å². The Balaban J connectivity index is 1.31. The van der Waals surface area contributed by atoms with Gasteiger partial charge >= 0.3 is 0 Å². The summed E-state index contributed by atoms with van der Waals surface area (Å²) in [6, 6.07) is 8.10. The highest BCUT2D eigenvalue weighted by Gasteiger charge is 2.45. The number of quaternary nitrogens is 2. The average molecular weight is 290 g/mol. The number of halogens is 1. The SMILES string of the molecule is Fc1cccc(C[NH+]2CC[NH+]([C@H]3C[C@H]4CC[C@@H]3C4)CC2)c1. The van der Waals surface area contributed by atoms with E-state index in [2.05, 4.69) is 6.07 Å². The van der Waals surface area contributed by atoms with Crippen LogP contribution in [0.4, 0.5) is 4.39 Å². The van der Waals surface area contributed by atoms with Crippen molar-refractivity contribution in [3.8, 4) is 0 Å². The molecule has 0 unspecified atom stereocenters. The number of fused-ring (bicyclic) bond motifs is 2. The van der Waals surface area contributed by atoms with Gasteiger partial charge in [-0.25, -0.2) is 4.39 Å². The molecule has 3 atom stereocenters. The van der Waals surface area contributed by atoms with Crippen molar-refractivity contribution in [1.82, 2.24) is 0 Å². The van der Waals surface area contributed by atoms with E-state index >= 15 is 0 Å². The Bertz CT molecular complexity index is 496. The van der Waals surface area contributed by atoms with E-state index in [-0.39, 0.29) is 5.82 Å². The van der Waals surface area contributed by atoms with E-state index in [4.69, 9.17) is 0 Å². The van der Waals surface area contributed by atoms with Gasteiger partial charge in [0.2, 0.25) is 0 Å². The summed E-state index contributed by atoms with van der Waals surface area (Å²) in [5.74, 6) is 2.00. The summed E-state index contributed by atoms with van der Waals surface area (Å²) in [5.41, 5.74) is 1.15. The zero-order valence-electron chi connectivity index (χ0n) is 12.8. The summed E-state index contributed by atoms with van der Waals surface area (Å²) < 4.78 is 13.3. The molecule has 0 radical (unpaired) electrons. The third kappa shape index (κ3) is 2.86. The molecular formula is C18H27FN2+2. The second kappa shape index (κ2) is 5.69. The van der Waals surface area contributed by atoms with Crippen molar-refractivity contribution >= 4 is 0 Å². The Hall–Kier alpha value is -0.930. The lowest BCUT2D eigenvalue weighted by Gasteiger charge is -2.36. The molecule has 114 valence electrons. The first-order valence-corrected chi connectivity index (χ1v) is 8.70. The molecule has 2 bridgehead atoms. The Morgan fingerprint density at radius 1 is 1.05 bits per heavy atom. The van der Waals surface area contributed by atoms with Crippen molar-refractivity contribution in [2.24, 2.45) is 11.8 Å². The van der Waals surface area contributed by atoms with Crippen LogP contribution < -0.4 is 9.80 Å². The third-order valence-electron chi connectivity index (χ3n) is 6.20. The first-order valence-electron chi connectivity index (χ1n) is 8.70. The second-order valence-electron chi connectivity index (χ2n) is 7.50. The fourth-order valence-corrected chi connectivity index (χ4v) is 5.15. The molecule has 2 aliphatic carbocycles. The molecule has 1 heterocycles. The van der Waals surface area contributed by atoms with Gasteiger partial charge in [-0.1, -0.05) is 12.1 Å². The number of nitrogens with one attached hydrogen (secondary N) is 2. The van der Waals surface area contributed by atoms with Crippen molar-refractivity contribution in [2.75, 3.05) is 26.2 Å². The lowest BCUT2D eigenvalue weighted by molar-refractivity contribution is -1.03. The molecule has 0 amide bonds. The number of hydrogen-bond donors (Lipinski definition) is 2. The molecule has 3 heteroatoms. The van der Waals surface area contributed by atoms with E-state index in [1.165, 1.54) is 57.9 Å². The molecule has 1 aromatic carbocycles. The van der Waals surface area contributed by atoms with Crippen LogP contribution in [0.25, 0.3) is 0 Å². The Labute approximate surface area is 126 Å². The van der Waals surface area contributed by atoms with Crippen LogP contribution in [0.15, 0.2) is 24.3 Å². The minimum Gasteiger partial charge on any atom is -0.323 e. The van der Waals surface area contributed by atoms with Crippen molar-refractivity contribution in [2.45, 2.75) is 38.3 Å². The standard InChI is InChI=1S/C18H25FN2/c19-17-3-1-2-15(11-17)13-20-6-8-21(9-7-20)18-12-14-4-5-16(18)10-14/h1-3,11,14,16,18H,4-10,12-13H2/p+2/t14-,16+,18-/m0/s1. The van der Waals surface area contributed by atoms with Crippen LogP contribution in [0.3, 0.4) is 0 Å². The lowest BCUT2D eigenvalue weighted by atomic mass is 9.93. The smallest absolute Gasteiger partial charge is 0.127 e. The maximum Gasteiger partial charge on any atom is 0.127 e. The molecule has 1 saturated heterocycles. The molecule has 0 aromatic heterocycles. The topological polar surface area (TPSA) is 8.88 Å². The van der Waals surface area contributed by atoms with Crippen LogP contribution in [0.5, 0.6) is 0 Å². The van der Waals surface area contributed by atoms with Crippen molar-refractivity contribution in [3.05, 3.63) is 35.6 Å². The van der Waals surface area contributed by atoms with Gasteiger partial charge in [0.1, 0.15) is 38.5 Å². The first-order chi connectivity index (χ1) is 10.3. The molecule has 3 aliphatic rings. The van der Waals surface area contributed by atoms with Gasteiger partial charge in [0.25, 0.3) is 0 Å². The summed E-state index contributed by atoms with van der Waals surface area (Å²) in [6.07, 6.45) is 6.03. The molecule has 2 N–H and O–H groups in total. The van der Waals surface area contributed by atoms with Gasteiger partial charge in [0, 0.05) is 17.9 Å². The van der Waals surface area contributed by atoms with Gasteiger partial charge in [0.05, 0.1) is 6.04 Å². The molecule has 2 saturated carbocycles. The number of benzene rings is 1. The van der Waals surface area contributed by atoms with Gasteiger partial charge in [-0.15, -0.1) is 0 Å². The van der Waals surface area contributed by atoms with Crippen LogP contribution >= 0.6 is 0 Å². The molecule has 1 aliphatic heterocycles. The van der Waals surface area contributed by atoms with E-state index in [1.54, 1.807) is 11.0 Å². The zero-order chi connectivity index (χ0) is 14.2. The minimum atomic E-state index is -0.0989. The third-order valence-corrected chi connectivity index (χ3v) is 6.20. The van der Waals surface area contributed by atoms with Gasteiger partial charge in [-0.2, -0.15) is 0 Å². The molecule has 0 spiro atoms. The summed E-state index contributed by atoms with van der Waals surface area (Å²) >= 11 is 0. The van der Waals surface area contributed by atoms with Crippen LogP contribution in [-0.4, -0.2) is 32.2 Å². The van der Waals surface area contributed by atoms with E-state index < -0.39 is 0 Å². The first kappa shape index (κ1) is 13.7. The van der Waals surface area contributed by atoms with Gasteiger partial charge in [-0.05, 0) is 37.3 Å². The molecule has 4 rings (SSSR count). The van der Waals surface area contributed by atoms with Crippen molar-refractivity contribution in [3.63, 3.8) is 0 Å². The normalized spacial score (nSPS) is 38.8. The van der Waals surface area contributed by atoms with Crippen LogP contribution in [0.1, 0.15) is 31.2 Å². The predicted molar refractivity (Wildman–Crippen MR) is 80.7 cm³/mol. The Morgan fingerprint density at radius 2 is 1.90 bits per heavy atom. The number of piperazine rings is 1. The van der Waals surface area contributed by atoms with E-state index in [0.29, 0.717) is 0 Å². The number of hydrogen-bond acceptors (Lipinski definition) is 0. The maximum absolute atomic E-state index is 13.3. The largest absolute Gasteiger partial charge is 0.323 e. The fraction of sp³-hybridized carbons (Fsp3) is 0.667. The summed E-state index contributed by atoms with van der Waals surface area (Å²) in [5, 5.41) is 0. The summed E-state index contributed by atoms with van der Waals surface area (Å²) in [6.45, 7) is 6.12. The van der Waals surface area contributed by atoms with Crippen molar-refractivity contribution < 1.29 is 14.2 Å². The minimum absolute atomic E-state index is 0.0989. The van der Waals surface area contributed by atoms with Gasteiger partial charge in [0.15, 0.2) is 0 Å². The fourth-order valence-electron chi connectivity index (χ4n) is 5.15. The highest BCUT2D eigenvalue weighted by Crippen LogP contribution is 2.43. The molecule has 2 nitrogen and oxygen atoms in total. The maximum atomic E-state index is 13.3. The van der Waals surface area contributed by atoms with E-state index in [1.807, 2.05) is 11.0 Å². The van der Waals surface area contributed by atoms with Gasteiger partial charge in [-0.3, -0.25) is 0 Å². The quantitative estimate of drug-likeness (QED) is 0.792. The van der Waals surface area contributed by atoms with E-state index in [0.717, 1.165) is 30.0 Å². The highest BCUT2D eigenvalue weighted by molar-refractivity contribution is 5.14. The average Bonchev–Trinajstić information content (AvgIpc) is 3.11. The zero-order valence-corrected chi connectivity index (χ0v) is 12.8. The predicted octanol–water partition coefficient (Wildman–Crippen LogP) is 0.298. The summed E-state index contributed by atoms with van der Waals surface area (Å²) in [4.78, 5) is 3.51. The van der Waals surface area contributed by atoms with Crippen LogP contribution in [-0.2, 0) is 6.54 Å². The van der Waals surface area contributed by atoms with Crippen molar-refractivity contribution in [1.29, 1.82) is 0 Å². The highest BCUT2D eigenvalue weighted by atomic mass is 19.1. The Morgan fingerprint density at radius 3 is 2.57 bits per heavy atom. The molecule has 1 aromatic rings. The molecule has 3 fully saturated rings. The second-order valence-corrected chi connectivity index (χ2v) is 7.50. The van der Waals surface area contributed by atoms with E-state index in [9.17, 15) is 4.39 Å². The van der Waals surface area contributed by atoms with Gasteiger partial charge < -0.3 is 9.80 Å². The number of rotatable bonds is 3.